The van der Waals surface area contributed by atoms with Crippen molar-refractivity contribution in [2.75, 3.05) is 6.61 Å². The summed E-state index contributed by atoms with van der Waals surface area (Å²) in [5, 5.41) is 9.73. The SMILES string of the molecule is OCC#Cc1ccc(COc2cc(Cl)ccc2Cl)cc1. The van der Waals surface area contributed by atoms with Gasteiger partial charge in [0.05, 0.1) is 5.02 Å². The normalized spacial score (nSPS) is 9.75. The fourth-order valence-corrected chi connectivity index (χ4v) is 1.91. The molecule has 0 aliphatic rings. The van der Waals surface area contributed by atoms with Gasteiger partial charge < -0.3 is 9.84 Å². The van der Waals surface area contributed by atoms with Crippen LogP contribution in [0.2, 0.25) is 10.0 Å². The molecule has 2 aromatic carbocycles. The molecule has 0 saturated carbocycles. The maximum absolute atomic E-state index is 8.62. The minimum atomic E-state index is -0.141. The number of benzene rings is 2. The molecule has 0 aliphatic carbocycles. The average Bonchev–Trinajstić information content (AvgIpc) is 2.47. The topological polar surface area (TPSA) is 29.5 Å². The molecule has 0 amide bonds. The van der Waals surface area contributed by atoms with Gasteiger partial charge in [-0.15, -0.1) is 0 Å². The molecule has 0 atom stereocenters. The van der Waals surface area contributed by atoms with Crippen LogP contribution >= 0.6 is 23.2 Å². The van der Waals surface area contributed by atoms with Crippen LogP contribution in [-0.2, 0) is 6.61 Å². The van der Waals surface area contributed by atoms with Gasteiger partial charge in [-0.25, -0.2) is 0 Å². The van der Waals surface area contributed by atoms with Gasteiger partial charge in [0.15, 0.2) is 0 Å². The second kappa shape index (κ2) is 7.21. The highest BCUT2D eigenvalue weighted by atomic mass is 35.5. The molecule has 2 aromatic rings. The second-order valence-electron chi connectivity index (χ2n) is 4.02. The summed E-state index contributed by atoms with van der Waals surface area (Å²) in [5.41, 5.74) is 1.85. The van der Waals surface area contributed by atoms with E-state index in [4.69, 9.17) is 33.0 Å². The Morgan fingerprint density at radius 2 is 1.80 bits per heavy atom. The van der Waals surface area contributed by atoms with Crippen LogP contribution in [0, 0.1) is 11.8 Å². The number of rotatable bonds is 3. The Hall–Kier alpha value is -1.66. The Morgan fingerprint density at radius 3 is 2.50 bits per heavy atom. The van der Waals surface area contributed by atoms with Gasteiger partial charge in [0.2, 0.25) is 0 Å². The highest BCUT2D eigenvalue weighted by Crippen LogP contribution is 2.28. The van der Waals surface area contributed by atoms with E-state index in [1.165, 1.54) is 0 Å². The number of aliphatic hydroxyl groups excluding tert-OH is 1. The third-order valence-corrected chi connectivity index (χ3v) is 3.10. The van der Waals surface area contributed by atoms with Crippen molar-refractivity contribution in [1.82, 2.24) is 0 Å². The van der Waals surface area contributed by atoms with E-state index < -0.39 is 0 Å². The molecule has 2 rings (SSSR count). The first-order valence-corrected chi connectivity index (χ1v) is 6.71. The Kier molecular flexibility index (Phi) is 5.31. The summed E-state index contributed by atoms with van der Waals surface area (Å²) < 4.78 is 5.63. The summed E-state index contributed by atoms with van der Waals surface area (Å²) in [5.74, 6) is 5.99. The monoisotopic (exact) mass is 306 g/mol. The van der Waals surface area contributed by atoms with Crippen molar-refractivity contribution >= 4 is 23.2 Å². The Balaban J connectivity index is 2.02. The van der Waals surface area contributed by atoms with Gasteiger partial charge in [0, 0.05) is 16.7 Å². The zero-order chi connectivity index (χ0) is 14.4. The van der Waals surface area contributed by atoms with E-state index in [0.717, 1.165) is 11.1 Å². The van der Waals surface area contributed by atoms with E-state index in [2.05, 4.69) is 11.8 Å². The smallest absolute Gasteiger partial charge is 0.139 e. The Labute approximate surface area is 127 Å². The lowest BCUT2D eigenvalue weighted by atomic mass is 10.1. The van der Waals surface area contributed by atoms with E-state index in [1.807, 2.05) is 24.3 Å². The van der Waals surface area contributed by atoms with E-state index in [1.54, 1.807) is 18.2 Å². The summed E-state index contributed by atoms with van der Waals surface area (Å²) >= 11 is 11.9. The largest absolute Gasteiger partial charge is 0.487 e. The highest BCUT2D eigenvalue weighted by molar-refractivity contribution is 6.34. The molecular weight excluding hydrogens is 295 g/mol. The van der Waals surface area contributed by atoms with Crippen LogP contribution in [0.1, 0.15) is 11.1 Å². The molecule has 102 valence electrons. The van der Waals surface area contributed by atoms with Gasteiger partial charge in [0.1, 0.15) is 19.0 Å². The van der Waals surface area contributed by atoms with Crippen molar-refractivity contribution in [3.8, 4) is 17.6 Å². The molecule has 0 radical (unpaired) electrons. The van der Waals surface area contributed by atoms with Gasteiger partial charge in [-0.2, -0.15) is 0 Å². The fourth-order valence-electron chi connectivity index (χ4n) is 1.57. The molecule has 0 spiro atoms. The van der Waals surface area contributed by atoms with Crippen LogP contribution in [0.4, 0.5) is 0 Å². The molecule has 1 N–H and O–H groups in total. The Bertz CT molecular complexity index is 640. The molecular formula is C16H12Cl2O2. The third-order valence-electron chi connectivity index (χ3n) is 2.55. The number of halogens is 2. The minimum Gasteiger partial charge on any atom is -0.487 e. The first-order valence-electron chi connectivity index (χ1n) is 5.95. The van der Waals surface area contributed by atoms with Crippen LogP contribution in [-0.4, -0.2) is 11.7 Å². The molecule has 0 heterocycles. The number of aliphatic hydroxyl groups is 1. The summed E-state index contributed by atoms with van der Waals surface area (Å²) in [4.78, 5) is 0. The zero-order valence-corrected chi connectivity index (χ0v) is 12.1. The van der Waals surface area contributed by atoms with Crippen molar-refractivity contribution in [2.45, 2.75) is 6.61 Å². The van der Waals surface area contributed by atoms with Gasteiger partial charge in [0.25, 0.3) is 0 Å². The maximum atomic E-state index is 8.62. The van der Waals surface area contributed by atoms with Crippen molar-refractivity contribution < 1.29 is 9.84 Å². The first kappa shape index (κ1) is 14.7. The number of hydrogen-bond donors (Lipinski definition) is 1. The summed E-state index contributed by atoms with van der Waals surface area (Å²) in [7, 11) is 0. The summed E-state index contributed by atoms with van der Waals surface area (Å²) in [6.07, 6.45) is 0. The van der Waals surface area contributed by atoms with Crippen molar-refractivity contribution in [3.05, 3.63) is 63.6 Å². The highest BCUT2D eigenvalue weighted by Gasteiger charge is 2.03. The van der Waals surface area contributed by atoms with Crippen molar-refractivity contribution in [2.24, 2.45) is 0 Å². The van der Waals surface area contributed by atoms with Crippen molar-refractivity contribution in [3.63, 3.8) is 0 Å². The predicted molar refractivity (Wildman–Crippen MR) is 81.2 cm³/mol. The molecule has 0 unspecified atom stereocenters. The van der Waals surface area contributed by atoms with E-state index in [9.17, 15) is 0 Å². The average molecular weight is 307 g/mol. The number of hydrogen-bond acceptors (Lipinski definition) is 2. The molecule has 20 heavy (non-hydrogen) atoms. The lowest BCUT2D eigenvalue weighted by molar-refractivity contribution is 0.306. The lowest BCUT2D eigenvalue weighted by Crippen LogP contribution is -1.96. The molecule has 0 aromatic heterocycles. The standard InChI is InChI=1S/C16H12Cl2O2/c17-14-7-8-15(18)16(10-14)20-11-13-5-3-12(4-6-13)2-1-9-19/h3-8,10,19H,9,11H2. The Morgan fingerprint density at radius 1 is 1.05 bits per heavy atom. The van der Waals surface area contributed by atoms with Crippen LogP contribution in [0.15, 0.2) is 42.5 Å². The van der Waals surface area contributed by atoms with Crippen LogP contribution < -0.4 is 4.74 Å². The van der Waals surface area contributed by atoms with E-state index in [-0.39, 0.29) is 6.61 Å². The molecule has 0 fully saturated rings. The second-order valence-corrected chi connectivity index (χ2v) is 4.86. The molecule has 0 aliphatic heterocycles. The van der Waals surface area contributed by atoms with Crippen LogP contribution in [0.25, 0.3) is 0 Å². The van der Waals surface area contributed by atoms with Crippen LogP contribution in [0.3, 0.4) is 0 Å². The molecule has 2 nitrogen and oxygen atoms in total. The zero-order valence-electron chi connectivity index (χ0n) is 10.6. The number of ether oxygens (including phenoxy) is 1. The fraction of sp³-hybridized carbons (Fsp3) is 0.125. The van der Waals surface area contributed by atoms with Gasteiger partial charge >= 0.3 is 0 Å². The quantitative estimate of drug-likeness (QED) is 0.871. The third kappa shape index (κ3) is 4.18. The van der Waals surface area contributed by atoms with Gasteiger partial charge in [-0.3, -0.25) is 0 Å². The van der Waals surface area contributed by atoms with E-state index in [0.29, 0.717) is 22.4 Å². The van der Waals surface area contributed by atoms with Crippen molar-refractivity contribution in [1.29, 1.82) is 0 Å². The van der Waals surface area contributed by atoms with E-state index >= 15 is 0 Å². The first-order chi connectivity index (χ1) is 9.69. The summed E-state index contributed by atoms with van der Waals surface area (Å²) in [6, 6.07) is 12.7. The van der Waals surface area contributed by atoms with Gasteiger partial charge in [-0.05, 0) is 29.8 Å². The molecule has 0 saturated heterocycles. The van der Waals surface area contributed by atoms with Gasteiger partial charge in [-0.1, -0.05) is 47.2 Å². The molecule has 4 heteroatoms. The van der Waals surface area contributed by atoms with Crippen LogP contribution in [0.5, 0.6) is 5.75 Å². The molecule has 0 bridgehead atoms. The lowest BCUT2D eigenvalue weighted by Gasteiger charge is -2.08. The maximum Gasteiger partial charge on any atom is 0.139 e. The summed E-state index contributed by atoms with van der Waals surface area (Å²) in [6.45, 7) is 0.256. The predicted octanol–water partition coefficient (Wildman–Crippen LogP) is 3.92. The minimum absolute atomic E-state index is 0.141.